The lowest BCUT2D eigenvalue weighted by Gasteiger charge is -2.21. The minimum absolute atomic E-state index is 0.150. The van der Waals surface area contributed by atoms with E-state index in [1.807, 2.05) is 120 Å². The van der Waals surface area contributed by atoms with Gasteiger partial charge < -0.3 is 9.13 Å². The highest BCUT2D eigenvalue weighted by Gasteiger charge is 2.32. The lowest BCUT2D eigenvalue weighted by molar-refractivity contribution is -0.137. The first-order valence-electron chi connectivity index (χ1n) is 22.8. The van der Waals surface area contributed by atoms with Crippen molar-refractivity contribution in [1.82, 2.24) is 9.13 Å². The van der Waals surface area contributed by atoms with Crippen molar-refractivity contribution in [1.29, 1.82) is 10.5 Å². The third-order valence-corrected chi connectivity index (χ3v) is 13.4. The Hall–Kier alpha value is -9.43. The minimum atomic E-state index is -4.75. The zero-order valence-electron chi connectivity index (χ0n) is 37.3. The van der Waals surface area contributed by atoms with Crippen molar-refractivity contribution < 1.29 is 13.2 Å². The van der Waals surface area contributed by atoms with E-state index in [4.69, 9.17) is 0 Å². The van der Waals surface area contributed by atoms with Gasteiger partial charge in [-0.3, -0.25) is 0 Å². The van der Waals surface area contributed by atoms with Crippen LogP contribution in [0, 0.1) is 22.7 Å². The highest BCUT2D eigenvalue weighted by Crippen LogP contribution is 2.45. The summed E-state index contributed by atoms with van der Waals surface area (Å²) in [6, 6.07) is 77.2. The topological polar surface area (TPSA) is 57.4 Å². The molecule has 12 aromatic rings. The molecule has 0 unspecified atom stereocenters. The summed E-state index contributed by atoms with van der Waals surface area (Å²) in [7, 11) is 0. The van der Waals surface area contributed by atoms with Crippen LogP contribution in [0.5, 0.6) is 0 Å². The fourth-order valence-electron chi connectivity index (χ4n) is 10.1. The van der Waals surface area contributed by atoms with Gasteiger partial charge in [0, 0.05) is 27.1 Å². The summed E-state index contributed by atoms with van der Waals surface area (Å²) >= 11 is 0. The highest BCUT2D eigenvalue weighted by atomic mass is 19.4. The number of halogens is 3. The van der Waals surface area contributed by atoms with E-state index in [1.54, 1.807) is 0 Å². The molecule has 7 heteroatoms. The molecule has 0 aliphatic heterocycles. The average molecular weight is 907 g/mol. The smallest absolute Gasteiger partial charge is 0.308 e. The van der Waals surface area contributed by atoms with E-state index < -0.39 is 11.7 Å². The molecule has 12 rings (SSSR count). The molecule has 0 spiro atoms. The van der Waals surface area contributed by atoms with Gasteiger partial charge in [-0.15, -0.1) is 0 Å². The Labute approximate surface area is 401 Å². The van der Waals surface area contributed by atoms with Crippen LogP contribution < -0.4 is 0 Å². The molecule has 330 valence electrons. The molecule has 0 saturated carbocycles. The van der Waals surface area contributed by atoms with Gasteiger partial charge in [-0.2, -0.15) is 23.7 Å². The molecule has 0 saturated heterocycles. The van der Waals surface area contributed by atoms with E-state index in [-0.39, 0.29) is 16.7 Å². The van der Waals surface area contributed by atoms with Gasteiger partial charge >= 0.3 is 6.18 Å². The van der Waals surface area contributed by atoms with Crippen molar-refractivity contribution in [2.45, 2.75) is 6.18 Å². The summed E-state index contributed by atoms with van der Waals surface area (Å²) in [5.41, 5.74) is 11.6. The molecule has 10 aromatic carbocycles. The van der Waals surface area contributed by atoms with Crippen molar-refractivity contribution in [2.24, 2.45) is 0 Å². The quantitative estimate of drug-likeness (QED) is 0.160. The van der Waals surface area contributed by atoms with Crippen LogP contribution in [0.4, 0.5) is 13.2 Å². The fraction of sp³-hybridized carbons (Fsp3) is 0.0159. The number of aromatic nitrogens is 2. The van der Waals surface area contributed by atoms with Gasteiger partial charge in [0.1, 0.15) is 11.6 Å². The molecular formula is C63H37F3N4. The predicted octanol–water partition coefficient (Wildman–Crippen LogP) is 17.0. The van der Waals surface area contributed by atoms with Crippen LogP contribution in [0.15, 0.2) is 224 Å². The zero-order chi connectivity index (χ0) is 47.5. The number of fused-ring (bicyclic) bond motifs is 6. The van der Waals surface area contributed by atoms with E-state index >= 15 is 0 Å². The number of alkyl halides is 3. The third-order valence-electron chi connectivity index (χ3n) is 13.4. The highest BCUT2D eigenvalue weighted by molar-refractivity contribution is 6.14. The molecule has 0 radical (unpaired) electrons. The van der Waals surface area contributed by atoms with Gasteiger partial charge in [-0.05, 0) is 98.6 Å². The molecule has 4 nitrogen and oxygen atoms in total. The summed E-state index contributed by atoms with van der Waals surface area (Å²) in [6.07, 6.45) is -4.75. The van der Waals surface area contributed by atoms with Crippen LogP contribution in [-0.2, 0) is 6.18 Å². The first-order chi connectivity index (χ1) is 34.2. The largest absolute Gasteiger partial charge is 0.416 e. The second kappa shape index (κ2) is 16.7. The fourth-order valence-corrected chi connectivity index (χ4v) is 10.1. The van der Waals surface area contributed by atoms with Gasteiger partial charge in [0.2, 0.25) is 0 Å². The Balaban J connectivity index is 1.26. The third kappa shape index (κ3) is 7.08. The average Bonchev–Trinajstić information content (AvgIpc) is 3.92. The van der Waals surface area contributed by atoms with Crippen LogP contribution >= 0.6 is 0 Å². The van der Waals surface area contributed by atoms with Crippen molar-refractivity contribution >= 4 is 43.6 Å². The predicted molar refractivity (Wildman–Crippen MR) is 277 cm³/mol. The molecule has 0 aliphatic carbocycles. The molecule has 0 amide bonds. The SMILES string of the molecule is N#Cc1cc(-c2ccc(-n3c4cc(-c5ccccc5)ccc4c4ccc(-c5ccccc5)cc43)c(C#N)c2-n2c3cc(-c4ccccc4)ccc3c3ccc(-c4ccccc4)cc32)cc(C(F)(F)F)c1. The second-order valence-electron chi connectivity index (χ2n) is 17.4. The standard InChI is InChI=1S/C63H37F3N4/c64-63(65,66)50-32-40(38-67)31-49(33-50)51-29-30-57(69-58-34-45(41-13-5-1-6-14-41)21-25-52(58)53-26-22-46(35-59(53)69)42-15-7-2-8-16-42)56(39-68)62(51)70-60-36-47(43-17-9-3-10-18-43)23-27-54(60)55-28-24-48(37-61(55)70)44-19-11-4-12-20-44/h1-37H. The first kappa shape index (κ1) is 42.0. The van der Waals surface area contributed by atoms with Crippen molar-refractivity contribution in [3.05, 3.63) is 241 Å². The summed E-state index contributed by atoms with van der Waals surface area (Å²) in [6.45, 7) is 0. The lowest BCUT2D eigenvalue weighted by Crippen LogP contribution is -2.08. The van der Waals surface area contributed by atoms with Gasteiger partial charge in [-0.25, -0.2) is 0 Å². The molecular weight excluding hydrogens is 870 g/mol. The number of nitrogens with zero attached hydrogens (tertiary/aromatic N) is 4. The van der Waals surface area contributed by atoms with Crippen LogP contribution in [0.25, 0.3) is 111 Å². The maximum atomic E-state index is 14.8. The second-order valence-corrected chi connectivity index (χ2v) is 17.4. The van der Waals surface area contributed by atoms with E-state index in [2.05, 4.69) is 108 Å². The number of rotatable bonds is 7. The van der Waals surface area contributed by atoms with Gasteiger partial charge in [0.05, 0.1) is 50.6 Å². The maximum Gasteiger partial charge on any atom is 0.416 e. The Bertz CT molecular complexity index is 3910. The van der Waals surface area contributed by atoms with Crippen LogP contribution in [0.2, 0.25) is 0 Å². The van der Waals surface area contributed by atoms with Crippen molar-refractivity contribution in [2.75, 3.05) is 0 Å². The van der Waals surface area contributed by atoms with E-state index in [9.17, 15) is 23.7 Å². The molecule has 0 N–H and O–H groups in total. The van der Waals surface area contributed by atoms with Crippen LogP contribution in [-0.4, -0.2) is 9.13 Å². The molecule has 0 bridgehead atoms. The van der Waals surface area contributed by atoms with Crippen molar-refractivity contribution in [3.63, 3.8) is 0 Å². The number of hydrogen-bond donors (Lipinski definition) is 0. The molecule has 2 aromatic heterocycles. The summed E-state index contributed by atoms with van der Waals surface area (Å²) < 4.78 is 48.7. The van der Waals surface area contributed by atoms with Crippen molar-refractivity contribution in [3.8, 4) is 79.1 Å². The minimum Gasteiger partial charge on any atom is -0.308 e. The normalized spacial score (nSPS) is 11.6. The Morgan fingerprint density at radius 3 is 1.09 bits per heavy atom. The number of nitriles is 2. The van der Waals surface area contributed by atoms with Crippen LogP contribution in [0.3, 0.4) is 0 Å². The summed E-state index contributed by atoms with van der Waals surface area (Å²) in [5.74, 6) is 0. The molecule has 0 atom stereocenters. The van der Waals surface area contributed by atoms with E-state index in [1.165, 1.54) is 6.07 Å². The zero-order valence-corrected chi connectivity index (χ0v) is 37.3. The lowest BCUT2D eigenvalue weighted by atomic mass is 9.95. The first-order valence-corrected chi connectivity index (χ1v) is 22.8. The monoisotopic (exact) mass is 906 g/mol. The molecule has 2 heterocycles. The van der Waals surface area contributed by atoms with E-state index in [0.717, 1.165) is 100 Å². The Morgan fingerprint density at radius 2 is 0.729 bits per heavy atom. The number of hydrogen-bond acceptors (Lipinski definition) is 2. The number of benzene rings is 10. The van der Waals surface area contributed by atoms with Gasteiger partial charge in [-0.1, -0.05) is 176 Å². The summed E-state index contributed by atoms with van der Waals surface area (Å²) in [4.78, 5) is 0. The molecule has 0 fully saturated rings. The molecule has 70 heavy (non-hydrogen) atoms. The van der Waals surface area contributed by atoms with Crippen LogP contribution in [0.1, 0.15) is 16.7 Å². The molecule has 0 aliphatic rings. The van der Waals surface area contributed by atoms with E-state index in [0.29, 0.717) is 16.9 Å². The van der Waals surface area contributed by atoms with Gasteiger partial charge in [0.25, 0.3) is 0 Å². The Morgan fingerprint density at radius 1 is 0.343 bits per heavy atom. The van der Waals surface area contributed by atoms with Gasteiger partial charge in [0.15, 0.2) is 0 Å². The Kier molecular flexibility index (Phi) is 10.0. The summed E-state index contributed by atoms with van der Waals surface area (Å²) in [5, 5.41) is 25.9. The maximum absolute atomic E-state index is 14.8.